The van der Waals surface area contributed by atoms with Crippen LogP contribution in [0, 0.1) is 0 Å². The van der Waals surface area contributed by atoms with Crippen molar-refractivity contribution in [2.75, 3.05) is 33.3 Å². The molecule has 1 unspecified atom stereocenters. The third-order valence-electron chi connectivity index (χ3n) is 4.73. The number of ether oxygens (including phenoxy) is 1. The van der Waals surface area contributed by atoms with Crippen molar-refractivity contribution in [3.05, 3.63) is 35.4 Å². The summed E-state index contributed by atoms with van der Waals surface area (Å²) in [5.41, 5.74) is 2.79. The maximum atomic E-state index is 5.49. The largest absolute Gasteiger partial charge is 0.379 e. The molecule has 3 nitrogen and oxygen atoms in total. The average molecular weight is 290 g/mol. The zero-order valence-corrected chi connectivity index (χ0v) is 14.0. The van der Waals surface area contributed by atoms with Crippen LogP contribution >= 0.6 is 0 Å². The summed E-state index contributed by atoms with van der Waals surface area (Å²) in [6.07, 6.45) is 2.12. The third kappa shape index (κ3) is 4.80. The Morgan fingerprint density at radius 3 is 2.38 bits per heavy atom. The van der Waals surface area contributed by atoms with E-state index in [0.717, 1.165) is 39.0 Å². The van der Waals surface area contributed by atoms with E-state index in [4.69, 9.17) is 4.74 Å². The van der Waals surface area contributed by atoms with Crippen molar-refractivity contribution < 1.29 is 4.74 Å². The molecule has 0 saturated carbocycles. The minimum atomic E-state index is -0.0350. The predicted octanol–water partition coefficient (Wildman–Crippen LogP) is 3.01. The van der Waals surface area contributed by atoms with Gasteiger partial charge in [0.2, 0.25) is 0 Å². The summed E-state index contributed by atoms with van der Waals surface area (Å²) >= 11 is 0. The number of aryl methyl sites for hydroxylation is 1. The third-order valence-corrected chi connectivity index (χ3v) is 4.73. The zero-order valence-electron chi connectivity index (χ0n) is 14.0. The summed E-state index contributed by atoms with van der Waals surface area (Å²) in [7, 11) is 1.79. The number of benzene rings is 1. The van der Waals surface area contributed by atoms with Crippen molar-refractivity contribution in [2.24, 2.45) is 0 Å². The van der Waals surface area contributed by atoms with Crippen molar-refractivity contribution in [1.82, 2.24) is 10.2 Å². The molecule has 0 aliphatic carbocycles. The molecule has 0 spiro atoms. The second-order valence-corrected chi connectivity index (χ2v) is 6.67. The van der Waals surface area contributed by atoms with Gasteiger partial charge in [-0.1, -0.05) is 24.3 Å². The molecule has 1 fully saturated rings. The number of nitrogens with zero attached hydrogens (tertiary/aromatic N) is 1. The minimum absolute atomic E-state index is 0.0350. The highest BCUT2D eigenvalue weighted by Crippen LogP contribution is 2.22. The van der Waals surface area contributed by atoms with Crippen LogP contribution < -0.4 is 5.32 Å². The van der Waals surface area contributed by atoms with E-state index in [-0.39, 0.29) is 5.60 Å². The Kier molecular flexibility index (Phi) is 5.80. The molecular formula is C18H30N2O. The fourth-order valence-corrected chi connectivity index (χ4v) is 2.79. The first-order chi connectivity index (χ1) is 10.0. The Labute approximate surface area is 129 Å². The Morgan fingerprint density at radius 2 is 1.81 bits per heavy atom. The zero-order chi connectivity index (χ0) is 15.3. The van der Waals surface area contributed by atoms with Gasteiger partial charge in [0.15, 0.2) is 0 Å². The molecule has 1 N–H and O–H groups in total. The molecule has 3 heteroatoms. The van der Waals surface area contributed by atoms with Gasteiger partial charge in [-0.15, -0.1) is 0 Å². The number of rotatable bonds is 6. The fraction of sp³-hybridized carbons (Fsp3) is 0.667. The van der Waals surface area contributed by atoms with Crippen molar-refractivity contribution >= 4 is 0 Å². The highest BCUT2D eigenvalue weighted by atomic mass is 16.5. The van der Waals surface area contributed by atoms with Crippen LogP contribution in [0.5, 0.6) is 0 Å². The van der Waals surface area contributed by atoms with E-state index >= 15 is 0 Å². The monoisotopic (exact) mass is 290 g/mol. The van der Waals surface area contributed by atoms with E-state index in [2.05, 4.69) is 55.3 Å². The first kappa shape index (κ1) is 16.5. The van der Waals surface area contributed by atoms with Gasteiger partial charge in [-0.2, -0.15) is 0 Å². The molecule has 2 rings (SSSR count). The van der Waals surface area contributed by atoms with Crippen LogP contribution in [0.3, 0.4) is 0 Å². The van der Waals surface area contributed by atoms with Gasteiger partial charge in [-0.05, 0) is 44.7 Å². The van der Waals surface area contributed by atoms with Gasteiger partial charge in [0.1, 0.15) is 0 Å². The number of hydrogen-bond donors (Lipinski definition) is 1. The van der Waals surface area contributed by atoms with Crippen LogP contribution in [0.25, 0.3) is 0 Å². The molecule has 0 radical (unpaired) electrons. The molecule has 0 amide bonds. The predicted molar refractivity (Wildman–Crippen MR) is 88.7 cm³/mol. The maximum Gasteiger partial charge on any atom is 0.0625 e. The first-order valence-electron chi connectivity index (χ1n) is 8.10. The number of methoxy groups -OCH3 is 1. The van der Waals surface area contributed by atoms with Crippen LogP contribution in [-0.2, 0) is 11.2 Å². The van der Waals surface area contributed by atoms with Crippen molar-refractivity contribution in [3.8, 4) is 0 Å². The van der Waals surface area contributed by atoms with Gasteiger partial charge < -0.3 is 10.1 Å². The molecule has 1 saturated heterocycles. The van der Waals surface area contributed by atoms with Crippen LogP contribution in [0.4, 0.5) is 0 Å². The summed E-state index contributed by atoms with van der Waals surface area (Å²) in [5.74, 6) is 0. The lowest BCUT2D eigenvalue weighted by molar-refractivity contribution is 0.0158. The van der Waals surface area contributed by atoms with Gasteiger partial charge >= 0.3 is 0 Å². The maximum absolute atomic E-state index is 5.49. The summed E-state index contributed by atoms with van der Waals surface area (Å²) in [4.78, 5) is 2.56. The molecule has 1 heterocycles. The molecule has 118 valence electrons. The van der Waals surface area contributed by atoms with Crippen molar-refractivity contribution in [1.29, 1.82) is 0 Å². The molecule has 1 atom stereocenters. The lowest BCUT2D eigenvalue weighted by Crippen LogP contribution is -2.44. The topological polar surface area (TPSA) is 24.5 Å². The summed E-state index contributed by atoms with van der Waals surface area (Å²) < 4.78 is 5.49. The summed E-state index contributed by atoms with van der Waals surface area (Å²) in [5, 5.41) is 3.41. The fourth-order valence-electron chi connectivity index (χ4n) is 2.79. The SMILES string of the molecule is COC(C)(C)CCc1ccc(C(C)N2CCNCC2)cc1. The molecule has 1 aromatic carbocycles. The molecule has 21 heavy (non-hydrogen) atoms. The standard InChI is InChI=1S/C18H30N2O/c1-15(20-13-11-19-12-14-20)17-7-5-16(6-8-17)9-10-18(2,3)21-4/h5-8,15,19H,9-14H2,1-4H3. The summed E-state index contributed by atoms with van der Waals surface area (Å²) in [6, 6.07) is 9.65. The van der Waals surface area contributed by atoms with Gasteiger partial charge in [-0.3, -0.25) is 4.90 Å². The lowest BCUT2D eigenvalue weighted by atomic mass is 9.97. The lowest BCUT2D eigenvalue weighted by Gasteiger charge is -2.33. The highest BCUT2D eigenvalue weighted by Gasteiger charge is 2.18. The molecule has 0 aromatic heterocycles. The van der Waals surface area contributed by atoms with Crippen LogP contribution in [0.15, 0.2) is 24.3 Å². The average Bonchev–Trinajstić information content (AvgIpc) is 2.54. The Bertz CT molecular complexity index is 421. The molecule has 1 aliphatic rings. The summed E-state index contributed by atoms with van der Waals surface area (Å²) in [6.45, 7) is 11.1. The molecule has 0 bridgehead atoms. The van der Waals surface area contributed by atoms with E-state index in [1.165, 1.54) is 11.1 Å². The highest BCUT2D eigenvalue weighted by molar-refractivity contribution is 5.25. The molecule has 1 aliphatic heterocycles. The van der Waals surface area contributed by atoms with Crippen molar-refractivity contribution in [3.63, 3.8) is 0 Å². The van der Waals surface area contributed by atoms with Gasteiger partial charge in [-0.25, -0.2) is 0 Å². The second kappa shape index (κ2) is 7.39. The van der Waals surface area contributed by atoms with E-state index < -0.39 is 0 Å². The first-order valence-corrected chi connectivity index (χ1v) is 8.10. The van der Waals surface area contributed by atoms with Gasteiger partial charge in [0.05, 0.1) is 5.60 Å². The Morgan fingerprint density at radius 1 is 1.19 bits per heavy atom. The quantitative estimate of drug-likeness (QED) is 0.871. The van der Waals surface area contributed by atoms with E-state index in [9.17, 15) is 0 Å². The second-order valence-electron chi connectivity index (χ2n) is 6.67. The van der Waals surface area contributed by atoms with E-state index in [1.807, 2.05) is 0 Å². The van der Waals surface area contributed by atoms with Crippen LogP contribution in [-0.4, -0.2) is 43.8 Å². The minimum Gasteiger partial charge on any atom is -0.379 e. The molecule has 1 aromatic rings. The smallest absolute Gasteiger partial charge is 0.0625 e. The normalized spacial score (nSPS) is 18.7. The van der Waals surface area contributed by atoms with Gasteiger partial charge in [0, 0.05) is 39.3 Å². The Hall–Kier alpha value is -0.900. The number of nitrogens with one attached hydrogen (secondary N) is 1. The Balaban J connectivity index is 1.92. The molecular weight excluding hydrogens is 260 g/mol. The van der Waals surface area contributed by atoms with Gasteiger partial charge in [0.25, 0.3) is 0 Å². The number of hydrogen-bond acceptors (Lipinski definition) is 3. The van der Waals surface area contributed by atoms with Crippen LogP contribution in [0.1, 0.15) is 44.4 Å². The van der Waals surface area contributed by atoms with E-state index in [0.29, 0.717) is 6.04 Å². The number of piperazine rings is 1. The van der Waals surface area contributed by atoms with Crippen LogP contribution in [0.2, 0.25) is 0 Å². The van der Waals surface area contributed by atoms with Crippen molar-refractivity contribution in [2.45, 2.75) is 45.3 Å². The van der Waals surface area contributed by atoms with E-state index in [1.54, 1.807) is 7.11 Å².